The van der Waals surface area contributed by atoms with E-state index in [4.69, 9.17) is 13.9 Å². The molecule has 0 fully saturated rings. The van der Waals surface area contributed by atoms with E-state index >= 15 is 0 Å². The van der Waals surface area contributed by atoms with Gasteiger partial charge in [-0.2, -0.15) is 4.68 Å². The van der Waals surface area contributed by atoms with Crippen molar-refractivity contribution >= 4 is 5.91 Å². The molecule has 8 nitrogen and oxygen atoms in total. The summed E-state index contributed by atoms with van der Waals surface area (Å²) in [6, 6.07) is 14.4. The number of aromatic nitrogens is 2. The first-order valence-corrected chi connectivity index (χ1v) is 8.22. The molecule has 3 rings (SSSR count). The number of hydrogen-bond donors (Lipinski definition) is 1. The van der Waals surface area contributed by atoms with Crippen LogP contribution in [0, 0.1) is 0 Å². The number of carbonyl (C=O) groups is 1. The fraction of sp³-hybridized carbons (Fsp3) is 0.211. The number of nitrogens with one attached hydrogen (secondary N) is 1. The van der Waals surface area contributed by atoms with E-state index in [-0.39, 0.29) is 24.9 Å². The predicted octanol–water partition coefficient (Wildman–Crippen LogP) is 1.84. The fourth-order valence-electron chi connectivity index (χ4n) is 2.58. The first kappa shape index (κ1) is 18.2. The lowest BCUT2D eigenvalue weighted by Crippen LogP contribution is -2.31. The van der Waals surface area contributed by atoms with Gasteiger partial charge in [0.2, 0.25) is 11.8 Å². The number of rotatable bonds is 7. The molecule has 27 heavy (non-hydrogen) atoms. The van der Waals surface area contributed by atoms with E-state index in [0.29, 0.717) is 17.1 Å². The molecule has 1 amide bonds. The Morgan fingerprint density at radius 3 is 2.59 bits per heavy atom. The van der Waals surface area contributed by atoms with Crippen LogP contribution < -0.4 is 20.5 Å². The molecular weight excluding hydrogens is 350 g/mol. The number of carbonyl (C=O) groups excluding carboxylic acids is 1. The topological polar surface area (TPSA) is 95.6 Å². The van der Waals surface area contributed by atoms with Gasteiger partial charge in [0.05, 0.1) is 14.2 Å². The van der Waals surface area contributed by atoms with Gasteiger partial charge in [0, 0.05) is 17.7 Å². The number of benzene rings is 2. The zero-order valence-corrected chi connectivity index (χ0v) is 15.0. The van der Waals surface area contributed by atoms with Crippen molar-refractivity contribution in [3.05, 3.63) is 64.6 Å². The highest BCUT2D eigenvalue weighted by Crippen LogP contribution is 2.30. The smallest absolute Gasteiger partial charge is 0.437 e. The third-order valence-corrected chi connectivity index (χ3v) is 3.88. The average Bonchev–Trinajstić information content (AvgIpc) is 3.06. The fourth-order valence-corrected chi connectivity index (χ4v) is 2.58. The van der Waals surface area contributed by atoms with Crippen LogP contribution in [0.1, 0.15) is 5.56 Å². The molecule has 0 unspecified atom stereocenters. The largest absolute Gasteiger partial charge is 0.493 e. The highest BCUT2D eigenvalue weighted by molar-refractivity contribution is 5.75. The maximum atomic E-state index is 12.2. The predicted molar refractivity (Wildman–Crippen MR) is 97.6 cm³/mol. The Hall–Kier alpha value is -3.55. The minimum atomic E-state index is -0.692. The van der Waals surface area contributed by atoms with Gasteiger partial charge in [0.1, 0.15) is 6.54 Å². The Kier molecular flexibility index (Phi) is 5.55. The van der Waals surface area contributed by atoms with Crippen molar-refractivity contribution in [2.45, 2.75) is 13.1 Å². The molecular formula is C19H19N3O5. The normalized spacial score (nSPS) is 10.4. The van der Waals surface area contributed by atoms with E-state index in [1.807, 2.05) is 24.3 Å². The summed E-state index contributed by atoms with van der Waals surface area (Å²) < 4.78 is 16.7. The Morgan fingerprint density at radius 2 is 1.89 bits per heavy atom. The highest BCUT2D eigenvalue weighted by Gasteiger charge is 2.14. The quantitative estimate of drug-likeness (QED) is 0.683. The van der Waals surface area contributed by atoms with E-state index in [0.717, 1.165) is 10.2 Å². The van der Waals surface area contributed by atoms with Crippen molar-refractivity contribution in [3.63, 3.8) is 0 Å². The zero-order chi connectivity index (χ0) is 19.2. The summed E-state index contributed by atoms with van der Waals surface area (Å²) in [6.45, 7) is -0.0290. The van der Waals surface area contributed by atoms with Gasteiger partial charge in [-0.05, 0) is 18.2 Å². The van der Waals surface area contributed by atoms with Crippen molar-refractivity contribution in [2.75, 3.05) is 14.2 Å². The highest BCUT2D eigenvalue weighted by atomic mass is 16.5. The second-order valence-corrected chi connectivity index (χ2v) is 5.63. The number of hydrogen-bond acceptors (Lipinski definition) is 6. The van der Waals surface area contributed by atoms with Crippen LogP contribution in [0.4, 0.5) is 0 Å². The van der Waals surface area contributed by atoms with Gasteiger partial charge in [-0.25, -0.2) is 4.79 Å². The van der Waals surface area contributed by atoms with Crippen molar-refractivity contribution < 1.29 is 18.7 Å². The van der Waals surface area contributed by atoms with Gasteiger partial charge < -0.3 is 19.2 Å². The molecule has 0 saturated heterocycles. The third kappa shape index (κ3) is 4.17. The molecule has 8 heteroatoms. The second-order valence-electron chi connectivity index (χ2n) is 5.63. The van der Waals surface area contributed by atoms with E-state index in [9.17, 15) is 9.59 Å². The molecule has 0 saturated carbocycles. The van der Waals surface area contributed by atoms with Crippen LogP contribution in [-0.2, 0) is 17.9 Å². The Morgan fingerprint density at radius 1 is 1.11 bits per heavy atom. The van der Waals surface area contributed by atoms with Crippen molar-refractivity contribution in [2.24, 2.45) is 0 Å². The molecule has 0 spiro atoms. The molecule has 1 heterocycles. The van der Waals surface area contributed by atoms with E-state index in [2.05, 4.69) is 10.4 Å². The van der Waals surface area contributed by atoms with E-state index in [1.54, 1.807) is 31.4 Å². The number of methoxy groups -OCH3 is 2. The summed E-state index contributed by atoms with van der Waals surface area (Å²) in [5, 5.41) is 6.80. The minimum absolute atomic E-state index is 0.169. The van der Waals surface area contributed by atoms with Gasteiger partial charge >= 0.3 is 5.76 Å². The van der Waals surface area contributed by atoms with E-state index < -0.39 is 5.76 Å². The van der Waals surface area contributed by atoms with Gasteiger partial charge in [-0.15, -0.1) is 5.10 Å². The average molecular weight is 369 g/mol. The first-order valence-electron chi connectivity index (χ1n) is 8.22. The molecule has 0 atom stereocenters. The van der Waals surface area contributed by atoms with Crippen LogP contribution in [0.15, 0.2) is 57.7 Å². The SMILES string of the molecule is COc1cccc(CNC(=O)Cn2nc(-c3ccccc3)oc2=O)c1OC. The summed E-state index contributed by atoms with van der Waals surface area (Å²) >= 11 is 0. The first-order chi connectivity index (χ1) is 13.1. The van der Waals surface area contributed by atoms with Crippen molar-refractivity contribution in [1.29, 1.82) is 0 Å². The summed E-state index contributed by atoms with van der Waals surface area (Å²) in [4.78, 5) is 24.1. The van der Waals surface area contributed by atoms with Gasteiger partial charge in [-0.3, -0.25) is 4.79 Å². The molecule has 1 aromatic heterocycles. The molecule has 0 aliphatic heterocycles. The Balaban J connectivity index is 1.67. The Labute approximate surface area is 155 Å². The Bertz CT molecular complexity index is 979. The number of nitrogens with zero attached hydrogens (tertiary/aromatic N) is 2. The summed E-state index contributed by atoms with van der Waals surface area (Å²) in [6.07, 6.45) is 0. The van der Waals surface area contributed by atoms with Crippen LogP contribution in [-0.4, -0.2) is 29.9 Å². The summed E-state index contributed by atoms with van der Waals surface area (Å²) in [5.41, 5.74) is 1.41. The van der Waals surface area contributed by atoms with Crippen LogP contribution in [0.2, 0.25) is 0 Å². The van der Waals surface area contributed by atoms with Crippen LogP contribution in [0.25, 0.3) is 11.5 Å². The maximum Gasteiger partial charge on any atom is 0.437 e. The standard InChI is InChI=1S/C19H19N3O5/c1-25-15-10-6-9-14(17(15)26-2)11-20-16(23)12-22-19(24)27-18(21-22)13-7-4-3-5-8-13/h3-10H,11-12H2,1-2H3,(H,20,23). The van der Waals surface area contributed by atoms with E-state index in [1.165, 1.54) is 7.11 Å². The van der Waals surface area contributed by atoms with Gasteiger partial charge in [-0.1, -0.05) is 30.3 Å². The number of amides is 1. The van der Waals surface area contributed by atoms with Crippen LogP contribution in [0.5, 0.6) is 11.5 Å². The minimum Gasteiger partial charge on any atom is -0.493 e. The third-order valence-electron chi connectivity index (χ3n) is 3.88. The van der Waals surface area contributed by atoms with Gasteiger partial charge in [0.25, 0.3) is 0 Å². The molecule has 2 aromatic carbocycles. The van der Waals surface area contributed by atoms with Gasteiger partial charge in [0.15, 0.2) is 11.5 Å². The molecule has 0 aliphatic carbocycles. The molecule has 0 radical (unpaired) electrons. The molecule has 0 aliphatic rings. The molecule has 3 aromatic rings. The zero-order valence-electron chi connectivity index (χ0n) is 15.0. The number of ether oxygens (including phenoxy) is 2. The summed E-state index contributed by atoms with van der Waals surface area (Å²) in [5.74, 6) is 0.218. The monoisotopic (exact) mass is 369 g/mol. The van der Waals surface area contributed by atoms with Crippen molar-refractivity contribution in [1.82, 2.24) is 15.1 Å². The lowest BCUT2D eigenvalue weighted by atomic mass is 10.2. The maximum absolute atomic E-state index is 12.2. The van der Waals surface area contributed by atoms with Crippen LogP contribution in [0.3, 0.4) is 0 Å². The lowest BCUT2D eigenvalue weighted by Gasteiger charge is -2.13. The second kappa shape index (κ2) is 8.22. The lowest BCUT2D eigenvalue weighted by molar-refractivity contribution is -0.122. The van der Waals surface area contributed by atoms with Crippen molar-refractivity contribution in [3.8, 4) is 23.0 Å². The molecule has 140 valence electrons. The van der Waals surface area contributed by atoms with Crippen LogP contribution >= 0.6 is 0 Å². The molecule has 0 bridgehead atoms. The molecule has 1 N–H and O–H groups in total. The summed E-state index contributed by atoms with van der Waals surface area (Å²) in [7, 11) is 3.07. The number of para-hydroxylation sites is 1.